The highest BCUT2D eigenvalue weighted by atomic mass is 16.3. The van der Waals surface area contributed by atoms with Crippen LogP contribution in [-0.4, -0.2) is 22.0 Å². The van der Waals surface area contributed by atoms with Crippen molar-refractivity contribution >= 4 is 5.78 Å². The van der Waals surface area contributed by atoms with Gasteiger partial charge < -0.3 is 5.11 Å². The van der Waals surface area contributed by atoms with E-state index in [1.54, 1.807) is 0 Å². The topological polar surface area (TPSA) is 50.2 Å². The van der Waals surface area contributed by atoms with E-state index >= 15 is 0 Å². The summed E-state index contributed by atoms with van der Waals surface area (Å²) in [7, 11) is 0. The monoisotopic (exact) mass is 261 g/mol. The van der Waals surface area contributed by atoms with Crippen LogP contribution in [0.1, 0.15) is 50.3 Å². The summed E-state index contributed by atoms with van der Waals surface area (Å²) in [5.41, 5.74) is 1.93. The average Bonchev–Trinajstić information content (AvgIpc) is 2.48. The zero-order valence-corrected chi connectivity index (χ0v) is 11.6. The molecule has 2 rings (SSSR count). The van der Waals surface area contributed by atoms with E-state index in [1.807, 2.05) is 18.3 Å². The van der Waals surface area contributed by atoms with E-state index < -0.39 is 6.10 Å². The molecule has 1 aromatic rings. The van der Waals surface area contributed by atoms with Crippen molar-refractivity contribution in [1.29, 1.82) is 0 Å². The number of rotatable bonds is 5. The normalized spacial score (nSPS) is 18.2. The highest BCUT2D eigenvalue weighted by molar-refractivity contribution is 5.84. The molecule has 1 atom stereocenters. The number of aliphatic hydroxyl groups excluding tert-OH is 1. The Balaban J connectivity index is 1.91. The molecule has 1 aliphatic carbocycles. The number of hydrogen-bond acceptors (Lipinski definition) is 3. The Labute approximate surface area is 115 Å². The van der Waals surface area contributed by atoms with E-state index in [2.05, 4.69) is 11.9 Å². The molecule has 0 bridgehead atoms. The summed E-state index contributed by atoms with van der Waals surface area (Å²) < 4.78 is 0. The van der Waals surface area contributed by atoms with Crippen molar-refractivity contribution in [2.75, 3.05) is 0 Å². The Hall–Kier alpha value is -1.22. The van der Waals surface area contributed by atoms with Crippen LogP contribution < -0.4 is 0 Å². The summed E-state index contributed by atoms with van der Waals surface area (Å²) in [5, 5.41) is 10.1. The molecule has 1 N–H and O–H groups in total. The Bertz CT molecular complexity index is 407. The molecule has 1 heterocycles. The molecule has 0 radical (unpaired) electrons. The number of hydrogen-bond donors (Lipinski definition) is 1. The van der Waals surface area contributed by atoms with Gasteiger partial charge in [0.1, 0.15) is 6.10 Å². The first kappa shape index (κ1) is 14.2. The van der Waals surface area contributed by atoms with Crippen molar-refractivity contribution in [3.05, 3.63) is 29.6 Å². The van der Waals surface area contributed by atoms with Crippen molar-refractivity contribution in [1.82, 2.24) is 4.98 Å². The van der Waals surface area contributed by atoms with Gasteiger partial charge in [0.05, 0.1) is 6.42 Å². The standard InChI is InChI=1S/C16H23NO2/c1-2-12-8-9-14(17-11-12)10-15(18)16(19)13-6-4-3-5-7-13/h8-9,11,13,16,19H,2-7,10H2,1H3. The average molecular weight is 261 g/mol. The van der Waals surface area contributed by atoms with Gasteiger partial charge in [-0.2, -0.15) is 0 Å². The van der Waals surface area contributed by atoms with Gasteiger partial charge in [0.15, 0.2) is 5.78 Å². The maximum absolute atomic E-state index is 12.1. The predicted octanol–water partition coefficient (Wildman–Crippen LogP) is 2.70. The summed E-state index contributed by atoms with van der Waals surface area (Å²) in [6, 6.07) is 3.90. The fraction of sp³-hybridized carbons (Fsp3) is 0.625. The third-order valence-electron chi connectivity index (χ3n) is 4.08. The first-order chi connectivity index (χ1) is 9.20. The zero-order chi connectivity index (χ0) is 13.7. The second-order valence-corrected chi connectivity index (χ2v) is 5.50. The Kier molecular flexibility index (Phi) is 5.08. The fourth-order valence-corrected chi connectivity index (χ4v) is 2.76. The minimum atomic E-state index is -0.798. The van der Waals surface area contributed by atoms with E-state index in [0.29, 0.717) is 0 Å². The Morgan fingerprint density at radius 2 is 2.11 bits per heavy atom. The third kappa shape index (κ3) is 3.87. The third-order valence-corrected chi connectivity index (χ3v) is 4.08. The number of carbonyl (C=O) groups is 1. The van der Waals surface area contributed by atoms with Gasteiger partial charge in [0.2, 0.25) is 0 Å². The second kappa shape index (κ2) is 6.80. The summed E-state index contributed by atoms with van der Waals surface area (Å²) in [6.45, 7) is 2.08. The number of aliphatic hydroxyl groups is 1. The molecule has 19 heavy (non-hydrogen) atoms. The molecule has 3 heteroatoms. The molecule has 0 spiro atoms. The van der Waals surface area contributed by atoms with Crippen molar-refractivity contribution in [3.8, 4) is 0 Å². The molecule has 0 saturated heterocycles. The van der Waals surface area contributed by atoms with Crippen LogP contribution in [0.5, 0.6) is 0 Å². The zero-order valence-electron chi connectivity index (χ0n) is 11.6. The number of ketones is 1. The molecule has 0 aromatic carbocycles. The van der Waals surface area contributed by atoms with Gasteiger partial charge in [-0.05, 0) is 36.8 Å². The first-order valence-electron chi connectivity index (χ1n) is 7.35. The van der Waals surface area contributed by atoms with Crippen LogP contribution >= 0.6 is 0 Å². The predicted molar refractivity (Wildman–Crippen MR) is 74.9 cm³/mol. The van der Waals surface area contributed by atoms with Gasteiger partial charge in [0, 0.05) is 11.9 Å². The molecule has 1 saturated carbocycles. The van der Waals surface area contributed by atoms with E-state index in [-0.39, 0.29) is 18.1 Å². The van der Waals surface area contributed by atoms with Crippen LogP contribution in [-0.2, 0) is 17.6 Å². The van der Waals surface area contributed by atoms with Crippen molar-refractivity contribution in [2.24, 2.45) is 5.92 Å². The molecule has 0 amide bonds. The van der Waals surface area contributed by atoms with E-state index in [0.717, 1.165) is 37.8 Å². The smallest absolute Gasteiger partial charge is 0.167 e. The van der Waals surface area contributed by atoms with Gasteiger partial charge >= 0.3 is 0 Å². The van der Waals surface area contributed by atoms with Crippen LogP contribution in [0.3, 0.4) is 0 Å². The summed E-state index contributed by atoms with van der Waals surface area (Å²) in [6.07, 6.45) is 7.69. The van der Waals surface area contributed by atoms with Crippen LogP contribution in [0.15, 0.2) is 18.3 Å². The molecular formula is C16H23NO2. The highest BCUT2D eigenvalue weighted by Crippen LogP contribution is 2.27. The quantitative estimate of drug-likeness (QED) is 0.886. The summed E-state index contributed by atoms with van der Waals surface area (Å²) in [5.74, 6) is 0.0832. The molecular weight excluding hydrogens is 238 g/mol. The van der Waals surface area contributed by atoms with Gasteiger partial charge in [-0.25, -0.2) is 0 Å². The lowest BCUT2D eigenvalue weighted by atomic mass is 9.83. The molecule has 1 fully saturated rings. The van der Waals surface area contributed by atoms with Crippen LogP contribution in [0.4, 0.5) is 0 Å². The number of Topliss-reactive ketones (excluding diaryl/α,β-unsaturated/α-hetero) is 1. The molecule has 104 valence electrons. The van der Waals surface area contributed by atoms with Gasteiger partial charge in [-0.1, -0.05) is 32.3 Å². The highest BCUT2D eigenvalue weighted by Gasteiger charge is 2.27. The van der Waals surface area contributed by atoms with Crippen molar-refractivity contribution in [2.45, 2.75) is 58.0 Å². The fourth-order valence-electron chi connectivity index (χ4n) is 2.76. The molecule has 1 aliphatic rings. The minimum Gasteiger partial charge on any atom is -0.385 e. The molecule has 1 unspecified atom stereocenters. The molecule has 1 aromatic heterocycles. The number of carbonyl (C=O) groups excluding carboxylic acids is 1. The molecule has 0 aliphatic heterocycles. The maximum atomic E-state index is 12.1. The molecule has 3 nitrogen and oxygen atoms in total. The number of aromatic nitrogens is 1. The minimum absolute atomic E-state index is 0.0800. The SMILES string of the molecule is CCc1ccc(CC(=O)C(O)C2CCCCC2)nc1. The number of nitrogens with zero attached hydrogens (tertiary/aromatic N) is 1. The van der Waals surface area contributed by atoms with Gasteiger partial charge in [-0.3, -0.25) is 9.78 Å². The van der Waals surface area contributed by atoms with Gasteiger partial charge in [0.25, 0.3) is 0 Å². The summed E-state index contributed by atoms with van der Waals surface area (Å²) in [4.78, 5) is 16.4. The van der Waals surface area contributed by atoms with Crippen LogP contribution in [0.2, 0.25) is 0 Å². The van der Waals surface area contributed by atoms with Crippen LogP contribution in [0.25, 0.3) is 0 Å². The first-order valence-corrected chi connectivity index (χ1v) is 7.35. The van der Waals surface area contributed by atoms with E-state index in [1.165, 1.54) is 12.0 Å². The lowest BCUT2D eigenvalue weighted by Crippen LogP contribution is -2.32. The van der Waals surface area contributed by atoms with E-state index in [4.69, 9.17) is 0 Å². The van der Waals surface area contributed by atoms with Crippen LogP contribution in [0, 0.1) is 5.92 Å². The summed E-state index contributed by atoms with van der Waals surface area (Å²) >= 11 is 0. The largest absolute Gasteiger partial charge is 0.385 e. The van der Waals surface area contributed by atoms with Crippen molar-refractivity contribution in [3.63, 3.8) is 0 Å². The lowest BCUT2D eigenvalue weighted by Gasteiger charge is -2.25. The lowest BCUT2D eigenvalue weighted by molar-refractivity contribution is -0.129. The number of pyridine rings is 1. The Morgan fingerprint density at radius 3 is 2.68 bits per heavy atom. The second-order valence-electron chi connectivity index (χ2n) is 5.50. The Morgan fingerprint density at radius 1 is 1.37 bits per heavy atom. The maximum Gasteiger partial charge on any atom is 0.167 e. The number of aryl methyl sites for hydroxylation is 1. The van der Waals surface area contributed by atoms with Crippen molar-refractivity contribution < 1.29 is 9.90 Å². The van der Waals surface area contributed by atoms with E-state index in [9.17, 15) is 9.90 Å². The van der Waals surface area contributed by atoms with Gasteiger partial charge in [-0.15, -0.1) is 0 Å².